The molecule has 1 aliphatic rings. The zero-order chi connectivity index (χ0) is 21.1. The Hall–Kier alpha value is -3.18. The summed E-state index contributed by atoms with van der Waals surface area (Å²) in [4.78, 5) is 26.2. The van der Waals surface area contributed by atoms with Crippen LogP contribution in [-0.2, 0) is 16.4 Å². The summed E-state index contributed by atoms with van der Waals surface area (Å²) < 4.78 is 31.7. The van der Waals surface area contributed by atoms with E-state index < -0.39 is 10.0 Å². The van der Waals surface area contributed by atoms with E-state index in [9.17, 15) is 13.2 Å². The average Bonchev–Trinajstić information content (AvgIpc) is 3.20. The third-order valence-corrected chi connectivity index (χ3v) is 6.71. The number of rotatable bonds is 7. The van der Waals surface area contributed by atoms with Crippen molar-refractivity contribution in [3.63, 3.8) is 0 Å². The van der Waals surface area contributed by atoms with Gasteiger partial charge in [0.25, 0.3) is 5.91 Å². The van der Waals surface area contributed by atoms with E-state index in [2.05, 4.69) is 20.1 Å². The molecule has 3 aromatic heterocycles. The van der Waals surface area contributed by atoms with Crippen LogP contribution in [0.3, 0.4) is 0 Å². The summed E-state index contributed by atoms with van der Waals surface area (Å²) in [7, 11) is -1.86. The maximum atomic E-state index is 12.5. The first-order valence-corrected chi connectivity index (χ1v) is 10.8. The van der Waals surface area contributed by atoms with Gasteiger partial charge in [0.2, 0.25) is 15.9 Å². The van der Waals surface area contributed by atoms with Gasteiger partial charge in [0.05, 0.1) is 5.92 Å². The van der Waals surface area contributed by atoms with Crippen molar-refractivity contribution in [1.29, 1.82) is 0 Å². The Morgan fingerprint density at radius 1 is 1.20 bits per heavy atom. The first kappa shape index (κ1) is 20.1. The zero-order valence-corrected chi connectivity index (χ0v) is 17.1. The fourth-order valence-electron chi connectivity index (χ4n) is 3.06. The van der Waals surface area contributed by atoms with Gasteiger partial charge in [0.1, 0.15) is 4.90 Å². The van der Waals surface area contributed by atoms with E-state index in [1.165, 1.54) is 22.8 Å². The third kappa shape index (κ3) is 4.07. The van der Waals surface area contributed by atoms with Crippen molar-refractivity contribution in [3.8, 4) is 0 Å². The first-order chi connectivity index (χ1) is 14.4. The number of likely N-dealkylation sites (N-methyl/N-ethyl adjacent to an activating group) is 1. The Labute approximate surface area is 173 Å². The second kappa shape index (κ2) is 8.28. The second-order valence-electron chi connectivity index (χ2n) is 6.97. The molecule has 1 aliphatic heterocycles. The molecule has 4 rings (SSSR count). The van der Waals surface area contributed by atoms with Gasteiger partial charge in [-0.2, -0.15) is 9.29 Å². The van der Waals surface area contributed by atoms with E-state index in [4.69, 9.17) is 4.52 Å². The van der Waals surface area contributed by atoms with Crippen LogP contribution in [0.4, 0.5) is 0 Å². The molecule has 0 aliphatic carbocycles. The summed E-state index contributed by atoms with van der Waals surface area (Å²) >= 11 is 0. The summed E-state index contributed by atoms with van der Waals surface area (Å²) in [6.45, 7) is 0.977. The van der Waals surface area contributed by atoms with Crippen molar-refractivity contribution in [2.24, 2.45) is 0 Å². The van der Waals surface area contributed by atoms with Crippen LogP contribution in [-0.4, -0.2) is 70.3 Å². The van der Waals surface area contributed by atoms with Gasteiger partial charge in [-0.25, -0.2) is 8.42 Å². The van der Waals surface area contributed by atoms with Crippen molar-refractivity contribution in [2.75, 3.05) is 26.7 Å². The summed E-state index contributed by atoms with van der Waals surface area (Å²) in [6.07, 6.45) is 6.43. The second-order valence-corrected chi connectivity index (χ2v) is 8.91. The number of pyridine rings is 2. The van der Waals surface area contributed by atoms with E-state index in [1.807, 2.05) is 0 Å². The van der Waals surface area contributed by atoms with Gasteiger partial charge in [0.15, 0.2) is 5.82 Å². The van der Waals surface area contributed by atoms with Crippen LogP contribution < -0.4 is 0 Å². The molecule has 10 nitrogen and oxygen atoms in total. The molecule has 0 radical (unpaired) electrons. The normalized spacial score (nSPS) is 15.0. The third-order valence-electron chi connectivity index (χ3n) is 4.90. The van der Waals surface area contributed by atoms with Gasteiger partial charge in [-0.15, -0.1) is 0 Å². The number of nitrogens with zero attached hydrogens (tertiary/aromatic N) is 6. The van der Waals surface area contributed by atoms with Crippen LogP contribution in [0.25, 0.3) is 0 Å². The van der Waals surface area contributed by atoms with Gasteiger partial charge in [-0.05, 0) is 24.3 Å². The molecule has 1 fully saturated rings. The lowest BCUT2D eigenvalue weighted by Gasteiger charge is -2.35. The molecule has 11 heteroatoms. The molecule has 0 N–H and O–H groups in total. The molecule has 3 aromatic rings. The Morgan fingerprint density at radius 3 is 2.67 bits per heavy atom. The van der Waals surface area contributed by atoms with E-state index >= 15 is 0 Å². The maximum absolute atomic E-state index is 12.5. The smallest absolute Gasteiger partial charge is 0.253 e. The predicted octanol–water partition coefficient (Wildman–Crippen LogP) is 0.962. The van der Waals surface area contributed by atoms with Crippen LogP contribution in [0.1, 0.15) is 28.0 Å². The van der Waals surface area contributed by atoms with E-state index in [0.29, 0.717) is 30.2 Å². The molecule has 0 unspecified atom stereocenters. The van der Waals surface area contributed by atoms with Crippen molar-refractivity contribution in [3.05, 3.63) is 66.3 Å². The largest absolute Gasteiger partial charge is 0.341 e. The lowest BCUT2D eigenvalue weighted by Crippen LogP contribution is -2.48. The van der Waals surface area contributed by atoms with Gasteiger partial charge in [-0.3, -0.25) is 14.8 Å². The van der Waals surface area contributed by atoms with Crippen LogP contribution in [0.15, 0.2) is 58.5 Å². The first-order valence-electron chi connectivity index (χ1n) is 9.33. The molecule has 1 amide bonds. The Kier molecular flexibility index (Phi) is 5.55. The maximum Gasteiger partial charge on any atom is 0.253 e. The number of carbonyl (C=O) groups is 1. The SMILES string of the molecule is CN(CCc1noc(C2CN(S(=O)(=O)c3cccnc3)C2)n1)C(=O)c1ccncc1. The van der Waals surface area contributed by atoms with Crippen molar-refractivity contribution >= 4 is 15.9 Å². The lowest BCUT2D eigenvalue weighted by molar-refractivity contribution is 0.0795. The Balaban J connectivity index is 1.31. The minimum atomic E-state index is -3.56. The highest BCUT2D eigenvalue weighted by molar-refractivity contribution is 7.89. The quantitative estimate of drug-likeness (QED) is 0.545. The molecule has 1 saturated heterocycles. The standard InChI is InChI=1S/C19H20N6O4S/c1-24(19(26)14-4-8-20-9-5-14)10-6-17-22-18(29-23-17)15-12-25(13-15)30(27,28)16-3-2-7-21-11-16/h2-5,7-9,11,15H,6,10,12-13H2,1H3. The van der Waals surface area contributed by atoms with Crippen LogP contribution in [0.5, 0.6) is 0 Å². The molecule has 4 heterocycles. The molecular formula is C19H20N6O4S. The minimum absolute atomic E-state index is 0.114. The highest BCUT2D eigenvalue weighted by Gasteiger charge is 2.40. The lowest BCUT2D eigenvalue weighted by atomic mass is 10.0. The fourth-order valence-corrected chi connectivity index (χ4v) is 4.55. The number of amides is 1. The average molecular weight is 428 g/mol. The Morgan fingerprint density at radius 2 is 1.97 bits per heavy atom. The van der Waals surface area contributed by atoms with Crippen LogP contribution in [0, 0.1) is 0 Å². The number of sulfonamides is 1. The summed E-state index contributed by atoms with van der Waals surface area (Å²) in [5, 5.41) is 3.96. The van der Waals surface area contributed by atoms with Crippen molar-refractivity contribution in [2.45, 2.75) is 17.2 Å². The molecular weight excluding hydrogens is 408 g/mol. The Bertz CT molecular complexity index is 1110. The van der Waals surface area contributed by atoms with Crippen LogP contribution >= 0.6 is 0 Å². The molecule has 0 spiro atoms. The number of aromatic nitrogens is 4. The van der Waals surface area contributed by atoms with Gasteiger partial charge in [0, 0.05) is 63.5 Å². The minimum Gasteiger partial charge on any atom is -0.341 e. The fraction of sp³-hybridized carbons (Fsp3) is 0.316. The zero-order valence-electron chi connectivity index (χ0n) is 16.2. The predicted molar refractivity (Wildman–Crippen MR) is 105 cm³/mol. The molecule has 30 heavy (non-hydrogen) atoms. The molecule has 0 saturated carbocycles. The van der Waals surface area contributed by atoms with E-state index in [1.54, 1.807) is 42.5 Å². The number of hydrogen-bond acceptors (Lipinski definition) is 8. The molecule has 0 aromatic carbocycles. The number of carbonyl (C=O) groups excluding carboxylic acids is 1. The number of hydrogen-bond donors (Lipinski definition) is 0. The van der Waals surface area contributed by atoms with Gasteiger partial charge >= 0.3 is 0 Å². The molecule has 0 bridgehead atoms. The summed E-state index contributed by atoms with van der Waals surface area (Å²) in [5.41, 5.74) is 0.561. The van der Waals surface area contributed by atoms with E-state index in [0.717, 1.165) is 0 Å². The van der Waals surface area contributed by atoms with Crippen molar-refractivity contribution < 1.29 is 17.7 Å². The summed E-state index contributed by atoms with van der Waals surface area (Å²) in [5.74, 6) is 0.629. The monoisotopic (exact) mass is 428 g/mol. The van der Waals surface area contributed by atoms with Crippen molar-refractivity contribution in [1.82, 2.24) is 29.3 Å². The molecule has 0 atom stereocenters. The van der Waals surface area contributed by atoms with E-state index in [-0.39, 0.29) is 29.8 Å². The summed E-state index contributed by atoms with van der Waals surface area (Å²) in [6, 6.07) is 6.43. The van der Waals surface area contributed by atoms with Gasteiger partial charge < -0.3 is 9.42 Å². The van der Waals surface area contributed by atoms with Gasteiger partial charge in [-0.1, -0.05) is 5.16 Å². The highest BCUT2D eigenvalue weighted by Crippen LogP contribution is 2.30. The molecule has 156 valence electrons. The topological polar surface area (TPSA) is 122 Å². The highest BCUT2D eigenvalue weighted by atomic mass is 32.2. The van der Waals surface area contributed by atoms with Crippen LogP contribution in [0.2, 0.25) is 0 Å².